The van der Waals surface area contributed by atoms with Crippen molar-refractivity contribution >= 4 is 13.6 Å². The van der Waals surface area contributed by atoms with E-state index in [1.165, 1.54) is 19.1 Å². The van der Waals surface area contributed by atoms with E-state index in [-0.39, 0.29) is 25.6 Å². The Morgan fingerprint density at radius 3 is 1.80 bits per heavy atom. The van der Waals surface area contributed by atoms with Gasteiger partial charge in [0, 0.05) is 0 Å². The molecule has 2 aromatic rings. The summed E-state index contributed by atoms with van der Waals surface area (Å²) in [7, 11) is -3.77. The van der Waals surface area contributed by atoms with Gasteiger partial charge in [-0.3, -0.25) is 18.4 Å². The van der Waals surface area contributed by atoms with Crippen molar-refractivity contribution in [2.45, 2.75) is 20.1 Å². The molecule has 0 atom stereocenters. The van der Waals surface area contributed by atoms with Crippen molar-refractivity contribution in [2.75, 3.05) is 6.61 Å². The monoisotopic (exact) mass is 360 g/mol. The van der Waals surface area contributed by atoms with Crippen LogP contribution in [0.25, 0.3) is 0 Å². The smallest absolute Gasteiger partial charge is 0.295 e. The molecule has 25 heavy (non-hydrogen) atoms. The average Bonchev–Trinajstić information content (AvgIpc) is 2.64. The van der Waals surface area contributed by atoms with Gasteiger partial charge in [-0.1, -0.05) is 66.7 Å². The topological polar surface area (TPSA) is 61.8 Å². The highest BCUT2D eigenvalue weighted by Crippen LogP contribution is 2.50. The Hall–Kier alpha value is -2.04. The fourth-order valence-corrected chi connectivity index (χ4v) is 3.02. The van der Waals surface area contributed by atoms with Gasteiger partial charge in [0.1, 0.15) is 0 Å². The van der Waals surface area contributed by atoms with Gasteiger partial charge in [0.05, 0.1) is 19.8 Å². The molecule has 0 bridgehead atoms. The zero-order valence-electron chi connectivity index (χ0n) is 14.0. The lowest BCUT2D eigenvalue weighted by atomic mass is 10.2. The lowest BCUT2D eigenvalue weighted by Gasteiger charge is -2.17. The molecular formula is C19H21O5P. The van der Waals surface area contributed by atoms with E-state index >= 15 is 0 Å². The molecule has 0 spiro atoms. The van der Waals surface area contributed by atoms with Crippen molar-refractivity contribution in [3.05, 3.63) is 83.9 Å². The van der Waals surface area contributed by atoms with Gasteiger partial charge in [-0.15, -0.1) is 0 Å². The molecule has 6 heteroatoms. The molecule has 0 aromatic heterocycles. The molecule has 0 radical (unpaired) electrons. The normalized spacial score (nSPS) is 11.7. The van der Waals surface area contributed by atoms with Gasteiger partial charge in [-0.05, 0) is 24.1 Å². The number of ketones is 1. The first-order chi connectivity index (χ1) is 12.1. The highest BCUT2D eigenvalue weighted by atomic mass is 31.2. The van der Waals surface area contributed by atoms with Crippen LogP contribution in [0, 0.1) is 0 Å². The van der Waals surface area contributed by atoms with Gasteiger partial charge < -0.3 is 0 Å². The number of carbonyl (C=O) groups is 1. The predicted molar refractivity (Wildman–Crippen MR) is 95.8 cm³/mol. The summed E-state index contributed by atoms with van der Waals surface area (Å²) in [6.07, 6.45) is 2.82. The Bertz CT molecular complexity index is 680. The minimum absolute atomic E-state index is 0.0412. The quantitative estimate of drug-likeness (QED) is 0.454. The molecule has 0 aliphatic rings. The lowest BCUT2D eigenvalue weighted by Crippen LogP contribution is -2.02. The zero-order chi connectivity index (χ0) is 18.0. The minimum Gasteiger partial charge on any atom is -0.295 e. The van der Waals surface area contributed by atoms with Crippen LogP contribution >= 0.6 is 7.82 Å². The summed E-state index contributed by atoms with van der Waals surface area (Å²) in [5.74, 6) is -0.117. The number of phosphoric acid groups is 1. The van der Waals surface area contributed by atoms with Crippen LogP contribution < -0.4 is 0 Å². The maximum absolute atomic E-state index is 12.8. The number of allylic oxidation sites excluding steroid dienone is 1. The largest absolute Gasteiger partial charge is 0.475 e. The van der Waals surface area contributed by atoms with Crippen LogP contribution in [0.5, 0.6) is 0 Å². The maximum Gasteiger partial charge on any atom is 0.475 e. The number of phosphoric ester groups is 1. The molecule has 2 rings (SSSR count). The third kappa shape index (κ3) is 7.59. The highest BCUT2D eigenvalue weighted by molar-refractivity contribution is 7.48. The molecule has 0 amide bonds. The summed E-state index contributed by atoms with van der Waals surface area (Å²) in [5.41, 5.74) is 1.71. The van der Waals surface area contributed by atoms with E-state index in [0.29, 0.717) is 0 Å². The second-order valence-electron chi connectivity index (χ2n) is 5.27. The average molecular weight is 360 g/mol. The van der Waals surface area contributed by atoms with Crippen LogP contribution in [-0.4, -0.2) is 12.4 Å². The lowest BCUT2D eigenvalue weighted by molar-refractivity contribution is -0.112. The van der Waals surface area contributed by atoms with Crippen LogP contribution in [0.2, 0.25) is 0 Å². The van der Waals surface area contributed by atoms with Crippen molar-refractivity contribution < 1.29 is 22.9 Å². The second-order valence-corrected chi connectivity index (χ2v) is 6.94. The van der Waals surface area contributed by atoms with Gasteiger partial charge in [-0.25, -0.2) is 4.57 Å². The Balaban J connectivity index is 1.98. The molecule has 2 aromatic carbocycles. The molecule has 0 unspecified atom stereocenters. The molecule has 5 nitrogen and oxygen atoms in total. The number of benzene rings is 2. The zero-order valence-corrected chi connectivity index (χ0v) is 14.9. The molecule has 0 saturated carbocycles. The SMILES string of the molecule is CC(=O)/C=C/COP(=O)(OCc1ccccc1)OCc1ccccc1. The summed E-state index contributed by atoms with van der Waals surface area (Å²) in [6, 6.07) is 18.7. The fourth-order valence-electron chi connectivity index (χ4n) is 1.92. The van der Waals surface area contributed by atoms with E-state index in [1.54, 1.807) is 0 Å². The molecule has 0 N–H and O–H groups in total. The Morgan fingerprint density at radius 1 is 0.880 bits per heavy atom. The minimum atomic E-state index is -3.77. The molecule has 0 fully saturated rings. The van der Waals surface area contributed by atoms with Crippen LogP contribution in [0.4, 0.5) is 0 Å². The van der Waals surface area contributed by atoms with E-state index in [2.05, 4.69) is 0 Å². The predicted octanol–water partition coefficient (Wildman–Crippen LogP) is 4.69. The number of rotatable bonds is 10. The van der Waals surface area contributed by atoms with Crippen LogP contribution in [-0.2, 0) is 36.1 Å². The number of carbonyl (C=O) groups excluding carboxylic acids is 1. The van der Waals surface area contributed by atoms with E-state index in [1.807, 2.05) is 60.7 Å². The van der Waals surface area contributed by atoms with Crippen molar-refractivity contribution in [3.63, 3.8) is 0 Å². The number of hydrogen-bond acceptors (Lipinski definition) is 5. The van der Waals surface area contributed by atoms with Crippen molar-refractivity contribution in [2.24, 2.45) is 0 Å². The van der Waals surface area contributed by atoms with Crippen LogP contribution in [0.3, 0.4) is 0 Å². The van der Waals surface area contributed by atoms with Gasteiger partial charge in [-0.2, -0.15) is 0 Å². The molecule has 0 heterocycles. The first kappa shape index (κ1) is 19.3. The molecule has 0 aliphatic heterocycles. The first-order valence-electron chi connectivity index (χ1n) is 7.86. The van der Waals surface area contributed by atoms with Crippen molar-refractivity contribution in [3.8, 4) is 0 Å². The van der Waals surface area contributed by atoms with Crippen molar-refractivity contribution in [1.82, 2.24) is 0 Å². The fraction of sp³-hybridized carbons (Fsp3) is 0.211. The van der Waals surface area contributed by atoms with E-state index < -0.39 is 7.82 Å². The van der Waals surface area contributed by atoms with E-state index in [0.717, 1.165) is 11.1 Å². The molecule has 132 valence electrons. The van der Waals surface area contributed by atoms with E-state index in [4.69, 9.17) is 13.6 Å². The Kier molecular flexibility index (Phi) is 7.76. The third-order valence-corrected chi connectivity index (χ3v) is 4.50. The van der Waals surface area contributed by atoms with Crippen LogP contribution in [0.1, 0.15) is 18.1 Å². The van der Waals surface area contributed by atoms with Crippen molar-refractivity contribution in [1.29, 1.82) is 0 Å². The number of hydrogen-bond donors (Lipinski definition) is 0. The summed E-state index contributed by atoms with van der Waals surface area (Å²) < 4.78 is 29.0. The van der Waals surface area contributed by atoms with Gasteiger partial charge in [0.15, 0.2) is 5.78 Å². The summed E-state index contributed by atoms with van der Waals surface area (Å²) in [6.45, 7) is 1.58. The third-order valence-electron chi connectivity index (χ3n) is 3.15. The van der Waals surface area contributed by atoms with Gasteiger partial charge >= 0.3 is 7.82 Å². The molecule has 0 aliphatic carbocycles. The van der Waals surface area contributed by atoms with Gasteiger partial charge in [0.2, 0.25) is 0 Å². The van der Waals surface area contributed by atoms with Gasteiger partial charge in [0.25, 0.3) is 0 Å². The van der Waals surface area contributed by atoms with Crippen LogP contribution in [0.15, 0.2) is 72.8 Å². The maximum atomic E-state index is 12.8. The summed E-state index contributed by atoms with van der Waals surface area (Å²) >= 11 is 0. The Morgan fingerprint density at radius 2 is 1.36 bits per heavy atom. The Labute approximate surface area is 147 Å². The second kappa shape index (κ2) is 10.1. The molecule has 0 saturated heterocycles. The summed E-state index contributed by atoms with van der Waals surface area (Å²) in [4.78, 5) is 10.9. The van der Waals surface area contributed by atoms with E-state index in [9.17, 15) is 9.36 Å². The summed E-state index contributed by atoms with van der Waals surface area (Å²) in [5, 5.41) is 0. The highest BCUT2D eigenvalue weighted by Gasteiger charge is 2.26. The standard InChI is InChI=1S/C19H21O5P/c1-17(20)9-8-14-22-25(21,23-15-18-10-4-2-5-11-18)24-16-19-12-6-3-7-13-19/h2-13H,14-16H2,1H3/b9-8+. The molecular weight excluding hydrogens is 339 g/mol. The first-order valence-corrected chi connectivity index (χ1v) is 9.32.